The number of non-ortho nitro benzene ring substituents is 1. The molecule has 3 aromatic rings. The molecule has 1 unspecified atom stereocenters. The van der Waals surface area contributed by atoms with Gasteiger partial charge in [0.1, 0.15) is 6.10 Å². The molecule has 126 valence electrons. The van der Waals surface area contributed by atoms with Crippen LogP contribution in [0.3, 0.4) is 0 Å². The van der Waals surface area contributed by atoms with E-state index in [1.54, 1.807) is 12.1 Å². The number of nitrogens with zero attached hydrogens (tertiary/aromatic N) is 1. The van der Waals surface area contributed by atoms with E-state index in [1.807, 2.05) is 67.6 Å². The topological polar surface area (TPSA) is 52.4 Å². The minimum Gasteiger partial charge on any atom is -0.361 e. The lowest BCUT2D eigenvalue weighted by Gasteiger charge is -2.23. The first-order valence-electron chi connectivity index (χ1n) is 8.15. The number of rotatable bonds is 6. The smallest absolute Gasteiger partial charge is 0.269 e. The Morgan fingerprint density at radius 1 is 0.760 bits per heavy atom. The van der Waals surface area contributed by atoms with E-state index in [-0.39, 0.29) is 17.9 Å². The van der Waals surface area contributed by atoms with Gasteiger partial charge in [-0.1, -0.05) is 60.7 Å². The fraction of sp³-hybridized carbons (Fsp3) is 0.143. The molecule has 0 fully saturated rings. The molecule has 25 heavy (non-hydrogen) atoms. The summed E-state index contributed by atoms with van der Waals surface area (Å²) in [7, 11) is 0. The summed E-state index contributed by atoms with van der Waals surface area (Å²) in [5, 5.41) is 10.8. The highest BCUT2D eigenvalue weighted by Crippen LogP contribution is 2.32. The number of nitro benzene ring substituents is 1. The highest BCUT2D eigenvalue weighted by molar-refractivity contribution is 5.34. The molecule has 3 rings (SSSR count). The predicted octanol–water partition coefficient (Wildman–Crippen LogP) is 5.46. The van der Waals surface area contributed by atoms with Crippen LogP contribution in [0.5, 0.6) is 0 Å². The molecule has 3 aromatic carbocycles. The molecule has 0 bridgehead atoms. The Bertz CT molecular complexity index is 777. The van der Waals surface area contributed by atoms with Crippen molar-refractivity contribution >= 4 is 5.69 Å². The summed E-state index contributed by atoms with van der Waals surface area (Å²) >= 11 is 0. The average molecular weight is 333 g/mol. The second-order valence-corrected chi connectivity index (χ2v) is 5.83. The van der Waals surface area contributed by atoms with Crippen molar-refractivity contribution in [1.82, 2.24) is 0 Å². The fourth-order valence-corrected chi connectivity index (χ4v) is 2.75. The Morgan fingerprint density at radius 3 is 1.68 bits per heavy atom. The van der Waals surface area contributed by atoms with E-state index in [4.69, 9.17) is 4.74 Å². The lowest BCUT2D eigenvalue weighted by atomic mass is 10.0. The van der Waals surface area contributed by atoms with E-state index < -0.39 is 4.92 Å². The molecule has 0 saturated heterocycles. The summed E-state index contributed by atoms with van der Waals surface area (Å²) < 4.78 is 6.34. The first kappa shape index (κ1) is 16.9. The lowest BCUT2D eigenvalue weighted by molar-refractivity contribution is -0.384. The molecular weight excluding hydrogens is 314 g/mol. The van der Waals surface area contributed by atoms with Gasteiger partial charge >= 0.3 is 0 Å². The van der Waals surface area contributed by atoms with Crippen molar-refractivity contribution in [3.63, 3.8) is 0 Å². The minimum atomic E-state index is -0.397. The monoisotopic (exact) mass is 333 g/mol. The van der Waals surface area contributed by atoms with E-state index in [2.05, 4.69) is 0 Å². The van der Waals surface area contributed by atoms with Gasteiger partial charge in [0.15, 0.2) is 0 Å². The Morgan fingerprint density at radius 2 is 1.24 bits per heavy atom. The number of hydrogen-bond acceptors (Lipinski definition) is 3. The zero-order valence-corrected chi connectivity index (χ0v) is 13.9. The maximum atomic E-state index is 10.8. The first-order valence-corrected chi connectivity index (χ1v) is 8.15. The van der Waals surface area contributed by atoms with Gasteiger partial charge in [0.05, 0.1) is 11.0 Å². The number of ether oxygens (including phenoxy) is 1. The van der Waals surface area contributed by atoms with Crippen LogP contribution in [-0.4, -0.2) is 4.92 Å². The quantitative estimate of drug-likeness (QED) is 0.444. The molecular formula is C21H19NO3. The van der Waals surface area contributed by atoms with Crippen molar-refractivity contribution in [3.8, 4) is 0 Å². The van der Waals surface area contributed by atoms with Gasteiger partial charge in [-0.3, -0.25) is 10.1 Å². The number of benzene rings is 3. The molecule has 0 aromatic heterocycles. The SMILES string of the molecule is CC(OC(c1ccccc1)c1ccccc1)c1ccc([N+](=O)[O-])cc1. The lowest BCUT2D eigenvalue weighted by Crippen LogP contribution is -2.10. The third-order valence-corrected chi connectivity index (χ3v) is 4.12. The van der Waals surface area contributed by atoms with Crippen LogP contribution in [0.1, 0.15) is 35.8 Å². The molecule has 0 amide bonds. The summed E-state index contributed by atoms with van der Waals surface area (Å²) in [6, 6.07) is 26.6. The molecule has 0 saturated carbocycles. The Hall–Kier alpha value is -2.98. The van der Waals surface area contributed by atoms with E-state index in [0.29, 0.717) is 0 Å². The molecule has 0 aliphatic heterocycles. The second-order valence-electron chi connectivity index (χ2n) is 5.83. The summed E-state index contributed by atoms with van der Waals surface area (Å²) in [5.41, 5.74) is 3.13. The molecule has 0 aliphatic carbocycles. The van der Waals surface area contributed by atoms with E-state index in [0.717, 1.165) is 16.7 Å². The minimum absolute atomic E-state index is 0.0821. The van der Waals surface area contributed by atoms with Crippen molar-refractivity contribution in [3.05, 3.63) is 112 Å². The van der Waals surface area contributed by atoms with Gasteiger partial charge in [0.2, 0.25) is 0 Å². The van der Waals surface area contributed by atoms with E-state index >= 15 is 0 Å². The van der Waals surface area contributed by atoms with Gasteiger partial charge in [-0.25, -0.2) is 0 Å². The molecule has 0 radical (unpaired) electrons. The normalized spacial score (nSPS) is 12.1. The molecule has 4 heteroatoms. The maximum Gasteiger partial charge on any atom is 0.269 e. The van der Waals surface area contributed by atoms with E-state index in [9.17, 15) is 10.1 Å². The number of nitro groups is 1. The van der Waals surface area contributed by atoms with Crippen LogP contribution in [0.25, 0.3) is 0 Å². The van der Waals surface area contributed by atoms with Gasteiger partial charge < -0.3 is 4.74 Å². The molecule has 4 nitrogen and oxygen atoms in total. The van der Waals surface area contributed by atoms with Crippen molar-refractivity contribution in [1.29, 1.82) is 0 Å². The van der Waals surface area contributed by atoms with Crippen molar-refractivity contribution in [2.75, 3.05) is 0 Å². The highest BCUT2D eigenvalue weighted by Gasteiger charge is 2.19. The summed E-state index contributed by atoms with van der Waals surface area (Å²) in [6.45, 7) is 1.96. The second kappa shape index (κ2) is 7.73. The molecule has 0 N–H and O–H groups in total. The van der Waals surface area contributed by atoms with Crippen LogP contribution in [0, 0.1) is 10.1 Å². The summed E-state index contributed by atoms with van der Waals surface area (Å²) in [5.74, 6) is 0. The van der Waals surface area contributed by atoms with Gasteiger partial charge in [0, 0.05) is 12.1 Å². The van der Waals surface area contributed by atoms with Gasteiger partial charge in [0.25, 0.3) is 5.69 Å². The van der Waals surface area contributed by atoms with E-state index in [1.165, 1.54) is 12.1 Å². The van der Waals surface area contributed by atoms with Crippen molar-refractivity contribution < 1.29 is 9.66 Å². The van der Waals surface area contributed by atoms with Gasteiger partial charge in [-0.05, 0) is 35.7 Å². The summed E-state index contributed by atoms with van der Waals surface area (Å²) in [4.78, 5) is 10.4. The van der Waals surface area contributed by atoms with Crippen molar-refractivity contribution in [2.45, 2.75) is 19.1 Å². The van der Waals surface area contributed by atoms with Gasteiger partial charge in [-0.2, -0.15) is 0 Å². The van der Waals surface area contributed by atoms with Crippen LogP contribution in [-0.2, 0) is 4.74 Å². The number of hydrogen-bond donors (Lipinski definition) is 0. The first-order chi connectivity index (χ1) is 12.1. The largest absolute Gasteiger partial charge is 0.361 e. The third-order valence-electron chi connectivity index (χ3n) is 4.12. The van der Waals surface area contributed by atoms with Crippen LogP contribution in [0.4, 0.5) is 5.69 Å². The van der Waals surface area contributed by atoms with Crippen molar-refractivity contribution in [2.24, 2.45) is 0 Å². The highest BCUT2D eigenvalue weighted by atomic mass is 16.6. The zero-order chi connectivity index (χ0) is 17.6. The Kier molecular flexibility index (Phi) is 5.21. The summed E-state index contributed by atoms with van der Waals surface area (Å²) in [6.07, 6.45) is -0.404. The fourth-order valence-electron chi connectivity index (χ4n) is 2.75. The van der Waals surface area contributed by atoms with Crippen LogP contribution < -0.4 is 0 Å². The van der Waals surface area contributed by atoms with Crippen LogP contribution in [0.15, 0.2) is 84.9 Å². The van der Waals surface area contributed by atoms with Crippen LogP contribution >= 0.6 is 0 Å². The Labute approximate surface area is 146 Å². The molecule has 0 aliphatic rings. The predicted molar refractivity (Wildman–Crippen MR) is 97.3 cm³/mol. The third kappa shape index (κ3) is 4.11. The Balaban J connectivity index is 1.86. The maximum absolute atomic E-state index is 10.8. The molecule has 0 spiro atoms. The standard InChI is InChI=1S/C21H19NO3/c1-16(17-12-14-20(15-13-17)22(23)24)25-21(18-8-4-2-5-9-18)19-10-6-3-7-11-19/h2-16,21H,1H3. The average Bonchev–Trinajstić information content (AvgIpc) is 2.67. The molecule has 1 atom stereocenters. The molecule has 0 heterocycles. The zero-order valence-electron chi connectivity index (χ0n) is 13.9. The van der Waals surface area contributed by atoms with Crippen LogP contribution in [0.2, 0.25) is 0 Å². The van der Waals surface area contributed by atoms with Gasteiger partial charge in [-0.15, -0.1) is 0 Å².